The van der Waals surface area contributed by atoms with E-state index in [2.05, 4.69) is 0 Å². The molecule has 0 saturated heterocycles. The van der Waals surface area contributed by atoms with Crippen LogP contribution in [0.1, 0.15) is 11.1 Å². The molecule has 1 aromatic carbocycles. The van der Waals surface area contributed by atoms with Crippen molar-refractivity contribution in [1.82, 2.24) is 0 Å². The van der Waals surface area contributed by atoms with Gasteiger partial charge in [0.15, 0.2) is 0 Å². The molecule has 0 spiro atoms. The van der Waals surface area contributed by atoms with Crippen molar-refractivity contribution in [2.45, 2.75) is 0 Å². The molecule has 2 heteroatoms. The van der Waals surface area contributed by atoms with Gasteiger partial charge in [0.05, 0.1) is 0 Å². The van der Waals surface area contributed by atoms with Crippen molar-refractivity contribution in [3.63, 3.8) is 0 Å². The number of hydrogen-bond acceptors (Lipinski definition) is 2. The quantitative estimate of drug-likeness (QED) is 0.433. The van der Waals surface area contributed by atoms with Gasteiger partial charge in [0.2, 0.25) is 0 Å². The molecule has 0 radical (unpaired) electrons. The van der Waals surface area contributed by atoms with E-state index in [-0.39, 0.29) is 0 Å². The highest BCUT2D eigenvalue weighted by atomic mass is 16.1. The van der Waals surface area contributed by atoms with Crippen LogP contribution in [-0.2, 0) is 9.59 Å². The van der Waals surface area contributed by atoms with Crippen LogP contribution >= 0.6 is 0 Å². The summed E-state index contributed by atoms with van der Waals surface area (Å²) < 4.78 is 0. The van der Waals surface area contributed by atoms with Gasteiger partial charge in [-0.1, -0.05) is 60.7 Å². The van der Waals surface area contributed by atoms with E-state index in [9.17, 15) is 9.59 Å². The van der Waals surface area contributed by atoms with Crippen LogP contribution in [0.5, 0.6) is 0 Å². The number of allylic oxidation sites excluding steroid dienone is 6. The summed E-state index contributed by atoms with van der Waals surface area (Å²) in [5, 5.41) is 0. The molecule has 0 bridgehead atoms. The maximum absolute atomic E-state index is 10.1. The zero-order chi connectivity index (χ0) is 13.1. The molecule has 0 aromatic heterocycles. The van der Waals surface area contributed by atoms with Gasteiger partial charge < -0.3 is 0 Å². The monoisotopic (exact) mass is 238 g/mol. The molecule has 0 fully saturated rings. The molecule has 2 nitrogen and oxygen atoms in total. The van der Waals surface area contributed by atoms with Crippen LogP contribution in [0.2, 0.25) is 0 Å². The van der Waals surface area contributed by atoms with Gasteiger partial charge in [-0.2, -0.15) is 0 Å². The Morgan fingerprint density at radius 1 is 0.611 bits per heavy atom. The number of carbonyl (C=O) groups is 2. The predicted octanol–water partition coefficient (Wildman–Crippen LogP) is 3.22. The molecule has 0 atom stereocenters. The number of rotatable bonds is 6. The maximum atomic E-state index is 10.1. The van der Waals surface area contributed by atoms with Crippen molar-refractivity contribution in [1.29, 1.82) is 0 Å². The van der Waals surface area contributed by atoms with Crippen LogP contribution in [0, 0.1) is 0 Å². The SMILES string of the molecule is O=C/C=C/C=C/c1ccccc1/C=C/C=C/C=O. The average molecular weight is 238 g/mol. The molecule has 0 saturated carbocycles. The molecule has 0 aliphatic rings. The molecule has 0 aliphatic carbocycles. The first-order chi connectivity index (χ1) is 8.88. The maximum Gasteiger partial charge on any atom is 0.142 e. The molecule has 90 valence electrons. The Morgan fingerprint density at radius 3 is 1.44 bits per heavy atom. The van der Waals surface area contributed by atoms with E-state index in [0.29, 0.717) is 0 Å². The second-order valence-corrected chi connectivity index (χ2v) is 3.39. The fourth-order valence-electron chi connectivity index (χ4n) is 1.35. The van der Waals surface area contributed by atoms with E-state index in [1.807, 2.05) is 48.6 Å². The normalized spacial score (nSPS) is 12.0. The van der Waals surface area contributed by atoms with E-state index >= 15 is 0 Å². The van der Waals surface area contributed by atoms with E-state index in [1.54, 1.807) is 12.2 Å². The molecular weight excluding hydrogens is 224 g/mol. The van der Waals surface area contributed by atoms with Crippen LogP contribution in [0.15, 0.2) is 60.7 Å². The summed E-state index contributed by atoms with van der Waals surface area (Å²) in [5.74, 6) is 0. The third-order valence-electron chi connectivity index (χ3n) is 2.15. The lowest BCUT2D eigenvalue weighted by atomic mass is 10.1. The Morgan fingerprint density at radius 2 is 1.06 bits per heavy atom. The Hall–Kier alpha value is -2.48. The highest BCUT2D eigenvalue weighted by Gasteiger charge is 1.92. The van der Waals surface area contributed by atoms with Gasteiger partial charge in [-0.15, -0.1) is 0 Å². The average Bonchev–Trinajstić information content (AvgIpc) is 2.41. The van der Waals surface area contributed by atoms with Crippen LogP contribution in [0.25, 0.3) is 12.2 Å². The molecule has 0 unspecified atom stereocenters. The fourth-order valence-corrected chi connectivity index (χ4v) is 1.35. The van der Waals surface area contributed by atoms with E-state index < -0.39 is 0 Å². The van der Waals surface area contributed by atoms with Crippen molar-refractivity contribution in [3.05, 3.63) is 71.8 Å². The van der Waals surface area contributed by atoms with Crippen molar-refractivity contribution in [2.24, 2.45) is 0 Å². The molecule has 0 N–H and O–H groups in total. The second kappa shape index (κ2) is 8.65. The second-order valence-electron chi connectivity index (χ2n) is 3.39. The molecule has 1 aromatic rings. The zero-order valence-corrected chi connectivity index (χ0v) is 9.90. The van der Waals surface area contributed by atoms with E-state index in [1.165, 1.54) is 12.2 Å². The van der Waals surface area contributed by atoms with Crippen LogP contribution in [-0.4, -0.2) is 12.6 Å². The molecule has 0 heterocycles. The summed E-state index contributed by atoms with van der Waals surface area (Å²) in [7, 11) is 0. The van der Waals surface area contributed by atoms with Gasteiger partial charge in [0, 0.05) is 0 Å². The van der Waals surface area contributed by atoms with Gasteiger partial charge in [-0.3, -0.25) is 9.59 Å². The van der Waals surface area contributed by atoms with Crippen LogP contribution in [0.4, 0.5) is 0 Å². The number of carbonyl (C=O) groups excluding carboxylic acids is 2. The summed E-state index contributed by atoms with van der Waals surface area (Å²) in [4.78, 5) is 20.2. The largest absolute Gasteiger partial charge is 0.299 e. The minimum atomic E-state index is 0.736. The van der Waals surface area contributed by atoms with Crippen molar-refractivity contribution in [2.75, 3.05) is 0 Å². The summed E-state index contributed by atoms with van der Waals surface area (Å²) in [6, 6.07) is 7.85. The van der Waals surface area contributed by atoms with Gasteiger partial charge in [-0.25, -0.2) is 0 Å². The number of benzene rings is 1. The fraction of sp³-hybridized carbons (Fsp3) is 0. The Kier molecular flexibility index (Phi) is 6.53. The molecule has 18 heavy (non-hydrogen) atoms. The van der Waals surface area contributed by atoms with Gasteiger partial charge in [0.1, 0.15) is 12.6 Å². The Labute approximate surface area is 107 Å². The number of hydrogen-bond donors (Lipinski definition) is 0. The lowest BCUT2D eigenvalue weighted by Gasteiger charge is -1.98. The van der Waals surface area contributed by atoms with E-state index in [4.69, 9.17) is 0 Å². The molecule has 0 aliphatic heterocycles. The summed E-state index contributed by atoms with van der Waals surface area (Å²) in [6.45, 7) is 0. The van der Waals surface area contributed by atoms with Gasteiger partial charge in [-0.05, 0) is 23.3 Å². The van der Waals surface area contributed by atoms with Crippen molar-refractivity contribution >= 4 is 24.7 Å². The smallest absolute Gasteiger partial charge is 0.142 e. The van der Waals surface area contributed by atoms with Gasteiger partial charge in [0.25, 0.3) is 0 Å². The van der Waals surface area contributed by atoms with Gasteiger partial charge >= 0.3 is 0 Å². The zero-order valence-electron chi connectivity index (χ0n) is 9.90. The van der Waals surface area contributed by atoms with Crippen LogP contribution in [0.3, 0.4) is 0 Å². The minimum Gasteiger partial charge on any atom is -0.299 e. The lowest BCUT2D eigenvalue weighted by molar-refractivity contribution is -0.104. The lowest BCUT2D eigenvalue weighted by Crippen LogP contribution is -1.78. The molecule has 0 amide bonds. The first kappa shape index (κ1) is 13.6. The highest BCUT2D eigenvalue weighted by molar-refractivity contribution is 5.70. The van der Waals surface area contributed by atoms with Crippen molar-refractivity contribution in [3.8, 4) is 0 Å². The Balaban J connectivity index is 2.85. The van der Waals surface area contributed by atoms with E-state index in [0.717, 1.165) is 23.7 Å². The predicted molar refractivity (Wildman–Crippen MR) is 74.9 cm³/mol. The first-order valence-corrected chi connectivity index (χ1v) is 5.54. The summed E-state index contributed by atoms with van der Waals surface area (Å²) in [6.07, 6.45) is 15.2. The molecular formula is C16H14O2. The van der Waals surface area contributed by atoms with Crippen LogP contribution < -0.4 is 0 Å². The minimum absolute atomic E-state index is 0.736. The first-order valence-electron chi connectivity index (χ1n) is 5.54. The third-order valence-corrected chi connectivity index (χ3v) is 2.15. The van der Waals surface area contributed by atoms with Crippen molar-refractivity contribution < 1.29 is 9.59 Å². The summed E-state index contributed by atoms with van der Waals surface area (Å²) >= 11 is 0. The Bertz CT molecular complexity index is 459. The molecule has 1 rings (SSSR count). The third kappa shape index (κ3) is 5.03. The highest BCUT2D eigenvalue weighted by Crippen LogP contribution is 2.12. The topological polar surface area (TPSA) is 34.1 Å². The standard InChI is InChI=1S/C16H14O2/c17-13-7-1-3-9-15-11-5-6-12-16(15)10-4-2-8-14-18/h1-14H/b7-1+,8-2+,9-3+,10-4+. The summed E-state index contributed by atoms with van der Waals surface area (Å²) in [5.41, 5.74) is 2.09. The number of aldehydes is 2.